The molecule has 4 saturated carbocycles. The number of hydrogen-bond donors (Lipinski definition) is 2. The Balaban J connectivity index is 1.20. The van der Waals surface area contributed by atoms with Crippen LogP contribution in [0.3, 0.4) is 0 Å². The highest BCUT2D eigenvalue weighted by atomic mass is 16.2. The number of carbonyl (C=O) groups is 2. The molecule has 1 saturated heterocycles. The first-order valence-corrected chi connectivity index (χ1v) is 11.6. The minimum absolute atomic E-state index is 0.0199. The summed E-state index contributed by atoms with van der Waals surface area (Å²) in [7, 11) is 0. The van der Waals surface area contributed by atoms with E-state index in [1.54, 1.807) is 0 Å². The third-order valence-electron chi connectivity index (χ3n) is 8.10. The number of imidazole rings is 1. The number of H-pyrrole nitrogens is 1. The summed E-state index contributed by atoms with van der Waals surface area (Å²) < 4.78 is 0. The second-order valence-electron chi connectivity index (χ2n) is 10.6. The molecular weight excluding hydrogens is 364 g/mol. The molecule has 1 aromatic rings. The van der Waals surface area contributed by atoms with E-state index in [0.29, 0.717) is 19.0 Å². The summed E-state index contributed by atoms with van der Waals surface area (Å²) in [4.78, 5) is 34.8. The Kier molecular flexibility index (Phi) is 4.71. The molecule has 5 fully saturated rings. The second-order valence-corrected chi connectivity index (χ2v) is 10.6. The van der Waals surface area contributed by atoms with Gasteiger partial charge in [-0.3, -0.25) is 14.9 Å². The molecule has 0 radical (unpaired) electrons. The van der Waals surface area contributed by atoms with Gasteiger partial charge in [0, 0.05) is 36.0 Å². The SMILES string of the molecule is CC(C)C(=O)N1CCC(C(=O)Nc2ncc(C34CC5CC(CC(C5)C3)C4)[nH]2)CC1. The van der Waals surface area contributed by atoms with Crippen molar-refractivity contribution in [3.8, 4) is 0 Å². The minimum Gasteiger partial charge on any atom is -0.342 e. The minimum atomic E-state index is -0.0423. The fraction of sp³-hybridized carbons (Fsp3) is 0.783. The molecule has 4 aliphatic carbocycles. The van der Waals surface area contributed by atoms with Gasteiger partial charge in [-0.1, -0.05) is 13.8 Å². The summed E-state index contributed by atoms with van der Waals surface area (Å²) >= 11 is 0. The first-order valence-electron chi connectivity index (χ1n) is 11.6. The van der Waals surface area contributed by atoms with Crippen LogP contribution in [0.25, 0.3) is 0 Å². The van der Waals surface area contributed by atoms with Crippen LogP contribution in [0.15, 0.2) is 6.20 Å². The van der Waals surface area contributed by atoms with Crippen molar-refractivity contribution < 1.29 is 9.59 Å². The van der Waals surface area contributed by atoms with E-state index < -0.39 is 0 Å². The summed E-state index contributed by atoms with van der Waals surface area (Å²) in [5.74, 6) is 3.47. The zero-order valence-corrected chi connectivity index (χ0v) is 17.7. The van der Waals surface area contributed by atoms with E-state index in [9.17, 15) is 9.59 Å². The number of nitrogens with zero attached hydrogens (tertiary/aromatic N) is 2. The Morgan fingerprint density at radius 1 is 1.10 bits per heavy atom. The lowest BCUT2D eigenvalue weighted by Crippen LogP contribution is -2.48. The van der Waals surface area contributed by atoms with Crippen LogP contribution in [0.2, 0.25) is 0 Å². The maximum absolute atomic E-state index is 12.8. The van der Waals surface area contributed by atoms with E-state index in [1.807, 2.05) is 24.9 Å². The van der Waals surface area contributed by atoms with Crippen molar-refractivity contribution >= 4 is 17.8 Å². The molecule has 1 aromatic heterocycles. The molecule has 6 nitrogen and oxygen atoms in total. The molecule has 5 aliphatic rings. The number of nitrogens with one attached hydrogen (secondary N) is 2. The van der Waals surface area contributed by atoms with Gasteiger partial charge in [-0.05, 0) is 69.1 Å². The van der Waals surface area contributed by atoms with Crippen LogP contribution >= 0.6 is 0 Å². The third-order valence-corrected chi connectivity index (χ3v) is 8.10. The van der Waals surface area contributed by atoms with Crippen molar-refractivity contribution in [3.05, 3.63) is 11.9 Å². The molecule has 29 heavy (non-hydrogen) atoms. The van der Waals surface area contributed by atoms with Crippen LogP contribution in [0.5, 0.6) is 0 Å². The summed E-state index contributed by atoms with van der Waals surface area (Å²) in [6.45, 7) is 5.20. The third kappa shape index (κ3) is 3.49. The summed E-state index contributed by atoms with van der Waals surface area (Å²) in [5.41, 5.74) is 1.51. The van der Waals surface area contributed by atoms with E-state index in [1.165, 1.54) is 44.2 Å². The standard InChI is InChI=1S/C23H34N4O2/c1-14(2)21(29)27-5-3-18(4-6-27)20(28)26-22-24-13-19(25-22)23-10-15-7-16(11-23)9-17(8-15)12-23/h13-18H,3-12H2,1-2H3,(H2,24,25,26,28). The van der Waals surface area contributed by atoms with Crippen LogP contribution in [-0.2, 0) is 15.0 Å². The van der Waals surface area contributed by atoms with Gasteiger partial charge in [0.05, 0.1) is 6.20 Å². The molecule has 0 aromatic carbocycles. The maximum Gasteiger partial charge on any atom is 0.229 e. The number of aromatic nitrogens is 2. The zero-order chi connectivity index (χ0) is 20.2. The highest BCUT2D eigenvalue weighted by Gasteiger charge is 2.52. The molecule has 1 aliphatic heterocycles. The highest BCUT2D eigenvalue weighted by Crippen LogP contribution is 2.60. The number of rotatable bonds is 4. The summed E-state index contributed by atoms with van der Waals surface area (Å²) in [5, 5.41) is 3.02. The van der Waals surface area contributed by atoms with Crippen molar-refractivity contribution in [3.63, 3.8) is 0 Å². The largest absolute Gasteiger partial charge is 0.342 e. The van der Waals surface area contributed by atoms with Gasteiger partial charge in [0.1, 0.15) is 0 Å². The second kappa shape index (κ2) is 7.13. The molecular formula is C23H34N4O2. The number of piperidine rings is 1. The Morgan fingerprint density at radius 3 is 2.24 bits per heavy atom. The van der Waals surface area contributed by atoms with E-state index in [4.69, 9.17) is 0 Å². The lowest BCUT2D eigenvalue weighted by atomic mass is 9.49. The van der Waals surface area contributed by atoms with Crippen molar-refractivity contribution in [1.29, 1.82) is 0 Å². The lowest BCUT2D eigenvalue weighted by molar-refractivity contribution is -0.137. The fourth-order valence-corrected chi connectivity index (χ4v) is 7.04. The molecule has 6 rings (SSSR count). The Bertz CT molecular complexity index is 755. The molecule has 4 bridgehead atoms. The number of anilines is 1. The van der Waals surface area contributed by atoms with Gasteiger partial charge in [-0.15, -0.1) is 0 Å². The number of carbonyl (C=O) groups excluding carboxylic acids is 2. The first-order chi connectivity index (χ1) is 13.9. The quantitative estimate of drug-likeness (QED) is 0.811. The van der Waals surface area contributed by atoms with E-state index in [-0.39, 0.29) is 29.1 Å². The predicted molar refractivity (Wildman–Crippen MR) is 111 cm³/mol. The van der Waals surface area contributed by atoms with Crippen LogP contribution in [-0.4, -0.2) is 39.8 Å². The van der Waals surface area contributed by atoms with Crippen molar-refractivity contribution in [2.45, 2.75) is 70.6 Å². The van der Waals surface area contributed by atoms with Gasteiger partial charge < -0.3 is 9.88 Å². The smallest absolute Gasteiger partial charge is 0.229 e. The van der Waals surface area contributed by atoms with Crippen LogP contribution in [0, 0.1) is 29.6 Å². The summed E-state index contributed by atoms with van der Waals surface area (Å²) in [6, 6.07) is 0. The van der Waals surface area contributed by atoms with E-state index in [2.05, 4.69) is 15.3 Å². The van der Waals surface area contributed by atoms with Crippen LogP contribution in [0.1, 0.15) is 70.9 Å². The normalized spacial score (nSPS) is 34.0. The van der Waals surface area contributed by atoms with Gasteiger partial charge in [-0.25, -0.2) is 4.98 Å². The molecule has 2 N–H and O–H groups in total. The molecule has 0 spiro atoms. The van der Waals surface area contributed by atoms with Crippen LogP contribution in [0.4, 0.5) is 5.95 Å². The van der Waals surface area contributed by atoms with Gasteiger partial charge in [0.2, 0.25) is 17.8 Å². The topological polar surface area (TPSA) is 78.1 Å². The van der Waals surface area contributed by atoms with Crippen molar-refractivity contribution in [1.82, 2.24) is 14.9 Å². The molecule has 6 heteroatoms. The molecule has 2 heterocycles. The molecule has 158 valence electrons. The lowest BCUT2D eigenvalue weighted by Gasteiger charge is -2.56. The van der Waals surface area contributed by atoms with Gasteiger partial charge in [0.15, 0.2) is 0 Å². The van der Waals surface area contributed by atoms with Crippen molar-refractivity contribution in [2.24, 2.45) is 29.6 Å². The Hall–Kier alpha value is -1.85. The monoisotopic (exact) mass is 398 g/mol. The van der Waals surface area contributed by atoms with E-state index >= 15 is 0 Å². The number of hydrogen-bond acceptors (Lipinski definition) is 3. The van der Waals surface area contributed by atoms with Crippen LogP contribution < -0.4 is 5.32 Å². The first kappa shape index (κ1) is 19.1. The van der Waals surface area contributed by atoms with Gasteiger partial charge >= 0.3 is 0 Å². The Labute approximate surface area is 173 Å². The highest BCUT2D eigenvalue weighted by molar-refractivity contribution is 5.91. The van der Waals surface area contributed by atoms with Gasteiger partial charge in [0.25, 0.3) is 0 Å². The van der Waals surface area contributed by atoms with E-state index in [0.717, 1.165) is 30.6 Å². The van der Waals surface area contributed by atoms with Crippen molar-refractivity contribution in [2.75, 3.05) is 18.4 Å². The maximum atomic E-state index is 12.8. The summed E-state index contributed by atoms with van der Waals surface area (Å²) in [6.07, 6.45) is 11.6. The fourth-order valence-electron chi connectivity index (χ4n) is 7.04. The zero-order valence-electron chi connectivity index (χ0n) is 17.7. The molecule has 0 atom stereocenters. The predicted octanol–water partition coefficient (Wildman–Crippen LogP) is 3.71. The number of aromatic amines is 1. The average Bonchev–Trinajstić information content (AvgIpc) is 3.16. The number of amides is 2. The Morgan fingerprint density at radius 2 is 1.69 bits per heavy atom. The molecule has 2 amide bonds. The number of likely N-dealkylation sites (tertiary alicyclic amines) is 1. The molecule has 0 unspecified atom stereocenters. The average molecular weight is 399 g/mol. The van der Waals surface area contributed by atoms with Gasteiger partial charge in [-0.2, -0.15) is 0 Å².